The van der Waals surface area contributed by atoms with Gasteiger partial charge in [0.05, 0.1) is 7.11 Å². The molecular weight excluding hydrogens is 340 g/mol. The standard InChI is InChI=1S/C23H22O4/c1-17-13-20(23(24)25-2)22(27-16-19-11-7-4-8-12-19)14-21(17)26-15-18-9-5-3-6-10-18/h3-14H,15-16H2,1-2H3. The molecule has 0 aromatic heterocycles. The van der Waals surface area contributed by atoms with Crippen LogP contribution in [0.4, 0.5) is 0 Å². The fourth-order valence-electron chi connectivity index (χ4n) is 2.68. The summed E-state index contributed by atoms with van der Waals surface area (Å²) in [5.74, 6) is 0.685. The summed E-state index contributed by atoms with van der Waals surface area (Å²) < 4.78 is 16.8. The number of rotatable bonds is 7. The molecule has 0 N–H and O–H groups in total. The quantitative estimate of drug-likeness (QED) is 0.559. The molecule has 0 radical (unpaired) electrons. The summed E-state index contributed by atoms with van der Waals surface area (Å²) in [5, 5.41) is 0. The van der Waals surface area contributed by atoms with Crippen LogP contribution in [0.15, 0.2) is 72.8 Å². The highest BCUT2D eigenvalue weighted by Crippen LogP contribution is 2.30. The molecule has 0 aliphatic rings. The van der Waals surface area contributed by atoms with Gasteiger partial charge in [-0.05, 0) is 29.7 Å². The second-order valence-corrected chi connectivity index (χ2v) is 6.15. The number of carbonyl (C=O) groups excluding carboxylic acids is 1. The first-order valence-electron chi connectivity index (χ1n) is 8.74. The lowest BCUT2D eigenvalue weighted by Gasteiger charge is -2.15. The van der Waals surface area contributed by atoms with E-state index < -0.39 is 5.97 Å². The molecular formula is C23H22O4. The van der Waals surface area contributed by atoms with Crippen molar-refractivity contribution in [1.29, 1.82) is 0 Å². The van der Waals surface area contributed by atoms with Gasteiger partial charge in [0.15, 0.2) is 0 Å². The zero-order valence-electron chi connectivity index (χ0n) is 15.5. The Labute approximate surface area is 159 Å². The average Bonchev–Trinajstić information content (AvgIpc) is 2.72. The van der Waals surface area contributed by atoms with E-state index in [1.807, 2.05) is 67.6 Å². The van der Waals surface area contributed by atoms with Crippen molar-refractivity contribution in [1.82, 2.24) is 0 Å². The van der Waals surface area contributed by atoms with Crippen molar-refractivity contribution < 1.29 is 19.0 Å². The molecule has 27 heavy (non-hydrogen) atoms. The highest BCUT2D eigenvalue weighted by molar-refractivity contribution is 5.93. The van der Waals surface area contributed by atoms with Crippen molar-refractivity contribution in [3.8, 4) is 11.5 Å². The number of esters is 1. The molecule has 3 aromatic rings. The van der Waals surface area contributed by atoms with Gasteiger partial charge in [0.1, 0.15) is 30.3 Å². The lowest BCUT2D eigenvalue weighted by atomic mass is 10.1. The molecule has 3 rings (SSSR count). The van der Waals surface area contributed by atoms with Crippen LogP contribution in [0.3, 0.4) is 0 Å². The number of methoxy groups -OCH3 is 1. The summed E-state index contributed by atoms with van der Waals surface area (Å²) in [5.41, 5.74) is 3.32. The molecule has 0 heterocycles. The van der Waals surface area contributed by atoms with Crippen LogP contribution in [-0.4, -0.2) is 13.1 Å². The van der Waals surface area contributed by atoms with Gasteiger partial charge >= 0.3 is 5.97 Å². The number of hydrogen-bond acceptors (Lipinski definition) is 4. The Bertz CT molecular complexity index is 889. The zero-order chi connectivity index (χ0) is 19.1. The Morgan fingerprint density at radius 2 is 1.30 bits per heavy atom. The summed E-state index contributed by atoms with van der Waals surface area (Å²) in [6.07, 6.45) is 0. The van der Waals surface area contributed by atoms with Crippen LogP contribution < -0.4 is 9.47 Å². The van der Waals surface area contributed by atoms with Crippen molar-refractivity contribution in [2.24, 2.45) is 0 Å². The summed E-state index contributed by atoms with van der Waals surface area (Å²) in [6.45, 7) is 2.69. The largest absolute Gasteiger partial charge is 0.488 e. The summed E-state index contributed by atoms with van der Waals surface area (Å²) in [4.78, 5) is 12.1. The Hall–Kier alpha value is -3.27. The SMILES string of the molecule is COC(=O)c1cc(C)c(OCc2ccccc2)cc1OCc1ccccc1. The molecule has 0 fully saturated rings. The van der Waals surface area contributed by atoms with Gasteiger partial charge in [0.25, 0.3) is 0 Å². The Morgan fingerprint density at radius 3 is 1.81 bits per heavy atom. The summed E-state index contributed by atoms with van der Waals surface area (Å²) >= 11 is 0. The van der Waals surface area contributed by atoms with Gasteiger partial charge in [-0.25, -0.2) is 4.79 Å². The van der Waals surface area contributed by atoms with Crippen molar-refractivity contribution >= 4 is 5.97 Å². The number of benzene rings is 3. The molecule has 4 heteroatoms. The van der Waals surface area contributed by atoms with E-state index in [9.17, 15) is 4.79 Å². The molecule has 0 aliphatic carbocycles. The zero-order valence-corrected chi connectivity index (χ0v) is 15.5. The maximum atomic E-state index is 12.1. The maximum absolute atomic E-state index is 12.1. The minimum atomic E-state index is -0.434. The van der Waals surface area contributed by atoms with E-state index in [1.165, 1.54) is 7.11 Å². The first-order valence-corrected chi connectivity index (χ1v) is 8.74. The Kier molecular flexibility index (Phi) is 6.10. The van der Waals surface area contributed by atoms with Gasteiger partial charge in [-0.15, -0.1) is 0 Å². The molecule has 3 aromatic carbocycles. The van der Waals surface area contributed by atoms with Gasteiger partial charge in [0, 0.05) is 6.07 Å². The first-order chi connectivity index (χ1) is 13.2. The second kappa shape index (κ2) is 8.90. The van der Waals surface area contributed by atoms with Gasteiger partial charge in [-0.2, -0.15) is 0 Å². The van der Waals surface area contributed by atoms with E-state index in [2.05, 4.69) is 0 Å². The molecule has 0 unspecified atom stereocenters. The van der Waals surface area contributed by atoms with Gasteiger partial charge in [-0.3, -0.25) is 0 Å². The number of ether oxygens (including phenoxy) is 3. The molecule has 0 atom stereocenters. The lowest BCUT2D eigenvalue weighted by Crippen LogP contribution is -2.08. The lowest BCUT2D eigenvalue weighted by molar-refractivity contribution is 0.0595. The Morgan fingerprint density at radius 1 is 0.778 bits per heavy atom. The maximum Gasteiger partial charge on any atom is 0.341 e. The first kappa shape index (κ1) is 18.5. The fraction of sp³-hybridized carbons (Fsp3) is 0.174. The molecule has 0 amide bonds. The predicted molar refractivity (Wildman–Crippen MR) is 104 cm³/mol. The van der Waals surface area contributed by atoms with Crippen LogP contribution in [-0.2, 0) is 18.0 Å². The fourth-order valence-corrected chi connectivity index (χ4v) is 2.68. The van der Waals surface area contributed by atoms with Crippen LogP contribution in [0.1, 0.15) is 27.0 Å². The average molecular weight is 362 g/mol. The minimum Gasteiger partial charge on any atom is -0.488 e. The van der Waals surface area contributed by atoms with E-state index in [0.717, 1.165) is 16.7 Å². The normalized spacial score (nSPS) is 10.3. The van der Waals surface area contributed by atoms with Crippen molar-refractivity contribution in [3.63, 3.8) is 0 Å². The molecule has 4 nitrogen and oxygen atoms in total. The predicted octanol–water partition coefficient (Wildman–Crippen LogP) is 4.94. The molecule has 138 valence electrons. The summed E-state index contributed by atoms with van der Waals surface area (Å²) in [7, 11) is 1.36. The number of hydrogen-bond donors (Lipinski definition) is 0. The monoisotopic (exact) mass is 362 g/mol. The smallest absolute Gasteiger partial charge is 0.341 e. The van der Waals surface area contributed by atoms with Gasteiger partial charge in [-0.1, -0.05) is 60.7 Å². The van der Waals surface area contributed by atoms with Gasteiger partial charge in [0.2, 0.25) is 0 Å². The number of carbonyl (C=O) groups is 1. The highest BCUT2D eigenvalue weighted by Gasteiger charge is 2.17. The van der Waals surface area contributed by atoms with Gasteiger partial charge < -0.3 is 14.2 Å². The van der Waals surface area contributed by atoms with Crippen LogP contribution in [0.25, 0.3) is 0 Å². The molecule has 0 spiro atoms. The third kappa shape index (κ3) is 4.88. The van der Waals surface area contributed by atoms with Crippen molar-refractivity contribution in [2.45, 2.75) is 20.1 Å². The highest BCUT2D eigenvalue weighted by atomic mass is 16.5. The Balaban J connectivity index is 1.82. The van der Waals surface area contributed by atoms with E-state index in [4.69, 9.17) is 14.2 Å². The topological polar surface area (TPSA) is 44.8 Å². The van der Waals surface area contributed by atoms with Crippen LogP contribution in [0, 0.1) is 6.92 Å². The minimum absolute atomic E-state index is 0.353. The third-order valence-electron chi connectivity index (χ3n) is 4.16. The van der Waals surface area contributed by atoms with E-state index in [1.54, 1.807) is 12.1 Å². The van der Waals surface area contributed by atoms with Crippen LogP contribution in [0.2, 0.25) is 0 Å². The van der Waals surface area contributed by atoms with E-state index >= 15 is 0 Å². The summed E-state index contributed by atoms with van der Waals surface area (Å²) in [6, 6.07) is 23.2. The van der Waals surface area contributed by atoms with E-state index in [0.29, 0.717) is 30.3 Å². The molecule has 0 aliphatic heterocycles. The van der Waals surface area contributed by atoms with Crippen molar-refractivity contribution in [2.75, 3.05) is 7.11 Å². The van der Waals surface area contributed by atoms with Crippen molar-refractivity contribution in [3.05, 3.63) is 95.1 Å². The molecule has 0 saturated heterocycles. The van der Waals surface area contributed by atoms with Crippen LogP contribution >= 0.6 is 0 Å². The van der Waals surface area contributed by atoms with E-state index in [-0.39, 0.29) is 0 Å². The molecule has 0 bridgehead atoms. The second-order valence-electron chi connectivity index (χ2n) is 6.15. The number of aryl methyl sites for hydroxylation is 1. The third-order valence-corrected chi connectivity index (χ3v) is 4.16. The van der Waals surface area contributed by atoms with Crippen LogP contribution in [0.5, 0.6) is 11.5 Å². The molecule has 0 saturated carbocycles.